The molecule has 1 nitrogen and oxygen atoms in total. The summed E-state index contributed by atoms with van der Waals surface area (Å²) in [5.41, 5.74) is 6.10. The molecule has 2 aliphatic carbocycles. The van der Waals surface area contributed by atoms with Crippen LogP contribution in [0.2, 0.25) is 0 Å². The van der Waals surface area contributed by atoms with E-state index in [0.717, 1.165) is 12.2 Å². The van der Waals surface area contributed by atoms with Gasteiger partial charge in [0.05, 0.1) is 6.10 Å². The monoisotopic (exact) mass is 334 g/mol. The van der Waals surface area contributed by atoms with Gasteiger partial charge in [-0.3, -0.25) is 0 Å². The van der Waals surface area contributed by atoms with E-state index in [1.165, 1.54) is 48.8 Å². The number of rotatable bonds is 5. The van der Waals surface area contributed by atoms with Crippen LogP contribution in [0, 0.1) is 5.41 Å². The summed E-state index contributed by atoms with van der Waals surface area (Å²) in [6.07, 6.45) is 7.95. The van der Waals surface area contributed by atoms with Crippen molar-refractivity contribution in [1.82, 2.24) is 0 Å². The molecule has 0 saturated heterocycles. The fourth-order valence-electron chi connectivity index (χ4n) is 4.40. The molecule has 2 aromatic rings. The van der Waals surface area contributed by atoms with E-state index in [9.17, 15) is 0 Å². The summed E-state index contributed by atoms with van der Waals surface area (Å²) >= 11 is 0. The summed E-state index contributed by atoms with van der Waals surface area (Å²) in [6.45, 7) is 7.14. The summed E-state index contributed by atoms with van der Waals surface area (Å²) < 4.78 is 6.04. The van der Waals surface area contributed by atoms with Gasteiger partial charge >= 0.3 is 0 Å². The molecule has 1 atom stereocenters. The maximum Gasteiger partial charge on any atom is 0.120 e. The minimum atomic E-state index is 0.392. The van der Waals surface area contributed by atoms with Crippen LogP contribution in [-0.4, -0.2) is 6.10 Å². The molecule has 0 heterocycles. The van der Waals surface area contributed by atoms with Gasteiger partial charge in [0.25, 0.3) is 0 Å². The summed E-state index contributed by atoms with van der Waals surface area (Å²) in [7, 11) is 0. The molecule has 0 bridgehead atoms. The van der Waals surface area contributed by atoms with E-state index >= 15 is 0 Å². The van der Waals surface area contributed by atoms with Gasteiger partial charge in [0.15, 0.2) is 0 Å². The van der Waals surface area contributed by atoms with Gasteiger partial charge in [0.1, 0.15) is 5.75 Å². The number of aryl methyl sites for hydroxylation is 1. The topological polar surface area (TPSA) is 9.23 Å². The zero-order chi connectivity index (χ0) is 17.4. The van der Waals surface area contributed by atoms with Crippen molar-refractivity contribution in [3.05, 3.63) is 53.6 Å². The van der Waals surface area contributed by atoms with E-state index in [4.69, 9.17) is 4.74 Å². The first-order valence-corrected chi connectivity index (χ1v) is 9.97. The minimum Gasteiger partial charge on any atom is -0.490 e. The van der Waals surface area contributed by atoms with E-state index in [-0.39, 0.29) is 0 Å². The van der Waals surface area contributed by atoms with Crippen LogP contribution >= 0.6 is 0 Å². The molecule has 4 rings (SSSR count). The highest BCUT2D eigenvalue weighted by Gasteiger charge is 2.36. The first-order chi connectivity index (χ1) is 12.1. The van der Waals surface area contributed by atoms with E-state index in [0.29, 0.717) is 17.4 Å². The highest BCUT2D eigenvalue weighted by Crippen LogP contribution is 2.51. The Morgan fingerprint density at radius 2 is 1.88 bits per heavy atom. The van der Waals surface area contributed by atoms with Crippen LogP contribution in [0.5, 0.6) is 5.75 Å². The van der Waals surface area contributed by atoms with Gasteiger partial charge in [-0.1, -0.05) is 57.5 Å². The Balaban J connectivity index is 1.76. The molecule has 25 heavy (non-hydrogen) atoms. The first-order valence-electron chi connectivity index (χ1n) is 9.97. The van der Waals surface area contributed by atoms with E-state index in [1.807, 2.05) is 0 Å². The first kappa shape index (κ1) is 16.7. The molecule has 2 fully saturated rings. The van der Waals surface area contributed by atoms with Crippen LogP contribution in [0.25, 0.3) is 11.1 Å². The van der Waals surface area contributed by atoms with Crippen molar-refractivity contribution in [2.75, 3.05) is 0 Å². The lowest BCUT2D eigenvalue weighted by Crippen LogP contribution is -2.16. The predicted octanol–water partition coefficient (Wildman–Crippen LogP) is 6.75. The maximum atomic E-state index is 6.04. The van der Waals surface area contributed by atoms with Crippen LogP contribution < -0.4 is 4.74 Å². The Labute approximate surface area is 152 Å². The van der Waals surface area contributed by atoms with Crippen molar-refractivity contribution in [2.24, 2.45) is 5.41 Å². The van der Waals surface area contributed by atoms with Crippen molar-refractivity contribution in [2.45, 2.75) is 71.3 Å². The average molecular weight is 335 g/mol. The smallest absolute Gasteiger partial charge is 0.120 e. The molecule has 0 radical (unpaired) electrons. The molecular formula is C24H30O. The van der Waals surface area contributed by atoms with Gasteiger partial charge in [-0.2, -0.15) is 0 Å². The van der Waals surface area contributed by atoms with E-state index in [1.54, 1.807) is 5.56 Å². The van der Waals surface area contributed by atoms with Crippen molar-refractivity contribution in [3.8, 4) is 16.9 Å². The van der Waals surface area contributed by atoms with Gasteiger partial charge in [-0.05, 0) is 77.8 Å². The zero-order valence-electron chi connectivity index (χ0n) is 15.8. The van der Waals surface area contributed by atoms with E-state index in [2.05, 4.69) is 63.2 Å². The van der Waals surface area contributed by atoms with Gasteiger partial charge in [-0.25, -0.2) is 0 Å². The zero-order valence-corrected chi connectivity index (χ0v) is 15.8. The van der Waals surface area contributed by atoms with Crippen LogP contribution in [0.3, 0.4) is 0 Å². The number of benzene rings is 2. The lowest BCUT2D eigenvalue weighted by Gasteiger charge is -2.30. The van der Waals surface area contributed by atoms with Crippen molar-refractivity contribution in [1.29, 1.82) is 0 Å². The second-order valence-corrected chi connectivity index (χ2v) is 8.55. The molecule has 0 N–H and O–H groups in total. The molecular weight excluding hydrogens is 304 g/mol. The molecule has 2 aliphatic rings. The Morgan fingerprint density at radius 1 is 1.04 bits per heavy atom. The summed E-state index contributed by atoms with van der Waals surface area (Å²) in [5, 5.41) is 0. The fourth-order valence-corrected chi connectivity index (χ4v) is 4.40. The molecule has 0 aromatic heterocycles. The Bertz CT molecular complexity index is 754. The van der Waals surface area contributed by atoms with Crippen LogP contribution in [0.15, 0.2) is 42.5 Å². The van der Waals surface area contributed by atoms with Crippen LogP contribution in [-0.2, 0) is 6.42 Å². The maximum absolute atomic E-state index is 6.04. The fraction of sp³-hybridized carbons (Fsp3) is 0.500. The standard InChI is InChI=1S/C24H30O/c1-4-17-10-13-21(22(15-17)23-9-6-14-24(23,2)3)18-7-5-8-20(16-18)25-19-11-12-19/h5,7-8,10,13,15-16,19,23H,4,6,9,11-12,14H2,1-3H3/t23-/m0/s1. The van der Waals surface area contributed by atoms with Gasteiger partial charge in [-0.15, -0.1) is 0 Å². The van der Waals surface area contributed by atoms with Crippen LogP contribution in [0.1, 0.15) is 69.9 Å². The molecule has 1 heteroatoms. The molecule has 0 aliphatic heterocycles. The molecule has 0 unspecified atom stereocenters. The predicted molar refractivity (Wildman–Crippen MR) is 105 cm³/mol. The van der Waals surface area contributed by atoms with Crippen LogP contribution in [0.4, 0.5) is 0 Å². The second-order valence-electron chi connectivity index (χ2n) is 8.55. The molecule has 132 valence electrons. The second kappa shape index (κ2) is 6.52. The Morgan fingerprint density at radius 3 is 2.56 bits per heavy atom. The SMILES string of the molecule is CCc1ccc(-c2cccc(OC3CC3)c2)c([C@@H]2CCCC2(C)C)c1. The highest BCUT2D eigenvalue weighted by atomic mass is 16.5. The third-order valence-electron chi connectivity index (χ3n) is 6.13. The lowest BCUT2D eigenvalue weighted by molar-refractivity contribution is 0.303. The molecule has 2 aromatic carbocycles. The van der Waals surface area contributed by atoms with Crippen molar-refractivity contribution < 1.29 is 4.74 Å². The third-order valence-corrected chi connectivity index (χ3v) is 6.13. The highest BCUT2D eigenvalue weighted by molar-refractivity contribution is 5.70. The Hall–Kier alpha value is -1.76. The molecule has 0 spiro atoms. The molecule has 2 saturated carbocycles. The normalized spacial score (nSPS) is 22.1. The molecule has 0 amide bonds. The number of hydrogen-bond acceptors (Lipinski definition) is 1. The summed E-state index contributed by atoms with van der Waals surface area (Å²) in [5.74, 6) is 1.68. The van der Waals surface area contributed by atoms with Crippen molar-refractivity contribution >= 4 is 0 Å². The largest absolute Gasteiger partial charge is 0.490 e. The number of ether oxygens (including phenoxy) is 1. The summed E-state index contributed by atoms with van der Waals surface area (Å²) in [6, 6.07) is 15.8. The van der Waals surface area contributed by atoms with Gasteiger partial charge in [0, 0.05) is 0 Å². The lowest BCUT2D eigenvalue weighted by atomic mass is 9.75. The summed E-state index contributed by atoms with van der Waals surface area (Å²) in [4.78, 5) is 0. The quantitative estimate of drug-likeness (QED) is 0.587. The van der Waals surface area contributed by atoms with E-state index < -0.39 is 0 Å². The average Bonchev–Trinajstić information content (AvgIpc) is 3.35. The minimum absolute atomic E-state index is 0.392. The van der Waals surface area contributed by atoms with Gasteiger partial charge in [0.2, 0.25) is 0 Å². The van der Waals surface area contributed by atoms with Gasteiger partial charge < -0.3 is 4.74 Å². The third kappa shape index (κ3) is 3.47. The Kier molecular flexibility index (Phi) is 4.35. The number of hydrogen-bond donors (Lipinski definition) is 0. The van der Waals surface area contributed by atoms with Crippen molar-refractivity contribution in [3.63, 3.8) is 0 Å².